The number of carbonyl (C=O) groups is 1. The van der Waals surface area contributed by atoms with Gasteiger partial charge in [-0.25, -0.2) is 0 Å². The van der Waals surface area contributed by atoms with Crippen molar-refractivity contribution in [2.24, 2.45) is 11.7 Å². The predicted molar refractivity (Wildman–Crippen MR) is 77.8 cm³/mol. The maximum atomic E-state index is 12.2. The summed E-state index contributed by atoms with van der Waals surface area (Å²) in [5, 5.41) is 12.3. The second-order valence-electron chi connectivity index (χ2n) is 6.45. The van der Waals surface area contributed by atoms with Crippen molar-refractivity contribution in [3.63, 3.8) is 0 Å². The largest absolute Gasteiger partial charge is 0.337 e. The Balaban J connectivity index is 1.84. The monoisotopic (exact) mass is 278 g/mol. The summed E-state index contributed by atoms with van der Waals surface area (Å²) in [4.78, 5) is 14.3. The third-order valence-corrected chi connectivity index (χ3v) is 4.70. The summed E-state index contributed by atoms with van der Waals surface area (Å²) in [5.41, 5.74) is 5.36. The lowest BCUT2D eigenvalue weighted by molar-refractivity contribution is -0.124. The number of rotatable bonds is 4. The van der Waals surface area contributed by atoms with Gasteiger partial charge in [-0.1, -0.05) is 0 Å². The Morgan fingerprint density at radius 1 is 1.50 bits per heavy atom. The van der Waals surface area contributed by atoms with E-state index in [2.05, 4.69) is 16.3 Å². The van der Waals surface area contributed by atoms with E-state index in [1.807, 2.05) is 6.92 Å². The van der Waals surface area contributed by atoms with Crippen molar-refractivity contribution < 1.29 is 4.79 Å². The van der Waals surface area contributed by atoms with Gasteiger partial charge >= 0.3 is 0 Å². The van der Waals surface area contributed by atoms with Crippen LogP contribution in [0.1, 0.15) is 45.4 Å². The van der Waals surface area contributed by atoms with E-state index in [1.165, 1.54) is 0 Å². The van der Waals surface area contributed by atoms with Crippen LogP contribution in [0.3, 0.4) is 0 Å². The second-order valence-corrected chi connectivity index (χ2v) is 6.45. The molecule has 5 nitrogen and oxygen atoms in total. The van der Waals surface area contributed by atoms with Crippen LogP contribution < -0.4 is 11.1 Å². The van der Waals surface area contributed by atoms with Crippen LogP contribution in [0, 0.1) is 17.2 Å². The molecule has 1 aliphatic heterocycles. The second kappa shape index (κ2) is 6.55. The maximum absolute atomic E-state index is 12.2. The Kier molecular flexibility index (Phi) is 5.00. The Bertz CT molecular complexity index is 382. The molecule has 2 rings (SSSR count). The molecule has 5 heteroatoms. The highest BCUT2D eigenvalue weighted by Gasteiger charge is 2.35. The zero-order chi connectivity index (χ0) is 14.6. The lowest BCUT2D eigenvalue weighted by Crippen LogP contribution is -2.51. The van der Waals surface area contributed by atoms with Gasteiger partial charge in [-0.3, -0.25) is 9.69 Å². The van der Waals surface area contributed by atoms with Gasteiger partial charge in [0.05, 0.1) is 12.6 Å². The van der Waals surface area contributed by atoms with E-state index in [0.717, 1.165) is 51.6 Å². The summed E-state index contributed by atoms with van der Waals surface area (Å²) in [6, 6.07) is 2.48. The van der Waals surface area contributed by atoms with Crippen LogP contribution in [0.4, 0.5) is 0 Å². The van der Waals surface area contributed by atoms with Crippen molar-refractivity contribution in [2.75, 3.05) is 19.6 Å². The number of hydrogen-bond acceptors (Lipinski definition) is 4. The summed E-state index contributed by atoms with van der Waals surface area (Å²) in [5.74, 6) is 0.465. The van der Waals surface area contributed by atoms with Crippen LogP contribution >= 0.6 is 0 Å². The average Bonchev–Trinajstić information content (AvgIpc) is 2.88. The highest BCUT2D eigenvalue weighted by atomic mass is 16.2. The quantitative estimate of drug-likeness (QED) is 0.803. The van der Waals surface area contributed by atoms with Crippen LogP contribution in [-0.2, 0) is 4.79 Å². The third kappa shape index (κ3) is 3.71. The van der Waals surface area contributed by atoms with Crippen molar-refractivity contribution in [1.82, 2.24) is 10.2 Å². The number of hydrogen-bond donors (Lipinski definition) is 2. The fourth-order valence-corrected chi connectivity index (χ4v) is 3.42. The zero-order valence-electron chi connectivity index (χ0n) is 12.4. The van der Waals surface area contributed by atoms with E-state index >= 15 is 0 Å². The first-order valence-electron chi connectivity index (χ1n) is 7.75. The van der Waals surface area contributed by atoms with Gasteiger partial charge in [0.25, 0.3) is 0 Å². The molecule has 1 amide bonds. The number of nitrogens with zero attached hydrogens (tertiary/aromatic N) is 2. The molecule has 2 atom stereocenters. The topological polar surface area (TPSA) is 82.2 Å². The zero-order valence-corrected chi connectivity index (χ0v) is 12.4. The van der Waals surface area contributed by atoms with E-state index < -0.39 is 5.54 Å². The first-order valence-corrected chi connectivity index (χ1v) is 7.75. The summed E-state index contributed by atoms with van der Waals surface area (Å²) in [7, 11) is 0. The standard InChI is InChI=1S/C15H26N4O/c1-12(17)13-5-4-8-19(9-13)10-14(20)18-15(11-16)6-2-3-7-15/h12-13H,2-10,17H2,1H3,(H,18,20). The van der Waals surface area contributed by atoms with E-state index in [4.69, 9.17) is 5.73 Å². The number of piperidine rings is 1. The van der Waals surface area contributed by atoms with E-state index in [9.17, 15) is 10.1 Å². The van der Waals surface area contributed by atoms with Gasteiger partial charge < -0.3 is 11.1 Å². The number of amides is 1. The molecule has 1 saturated carbocycles. The van der Waals surface area contributed by atoms with Crippen LogP contribution in [0.25, 0.3) is 0 Å². The molecule has 0 aromatic heterocycles. The molecule has 1 heterocycles. The fourth-order valence-electron chi connectivity index (χ4n) is 3.42. The van der Waals surface area contributed by atoms with E-state index in [-0.39, 0.29) is 11.9 Å². The van der Waals surface area contributed by atoms with E-state index in [1.54, 1.807) is 0 Å². The molecule has 0 spiro atoms. The molecule has 0 aromatic carbocycles. The normalized spacial score (nSPS) is 27.8. The van der Waals surface area contributed by atoms with E-state index in [0.29, 0.717) is 12.5 Å². The Morgan fingerprint density at radius 2 is 2.20 bits per heavy atom. The average molecular weight is 278 g/mol. The van der Waals surface area contributed by atoms with Gasteiger partial charge in [0.1, 0.15) is 5.54 Å². The Morgan fingerprint density at radius 3 is 2.80 bits per heavy atom. The molecule has 2 aliphatic rings. The van der Waals surface area contributed by atoms with Gasteiger partial charge in [-0.05, 0) is 57.9 Å². The van der Waals surface area contributed by atoms with Crippen molar-refractivity contribution >= 4 is 5.91 Å². The van der Waals surface area contributed by atoms with Gasteiger partial charge in [-0.15, -0.1) is 0 Å². The Hall–Kier alpha value is -1.12. The Labute approximate surface area is 121 Å². The van der Waals surface area contributed by atoms with Gasteiger partial charge in [0.2, 0.25) is 5.91 Å². The molecule has 0 aromatic rings. The van der Waals surface area contributed by atoms with Crippen LogP contribution in [0.5, 0.6) is 0 Å². The lowest BCUT2D eigenvalue weighted by atomic mass is 9.92. The lowest BCUT2D eigenvalue weighted by Gasteiger charge is -2.34. The summed E-state index contributed by atoms with van der Waals surface area (Å²) >= 11 is 0. The molecular weight excluding hydrogens is 252 g/mol. The smallest absolute Gasteiger partial charge is 0.235 e. The van der Waals surface area contributed by atoms with Crippen molar-refractivity contribution in [1.29, 1.82) is 5.26 Å². The molecule has 112 valence electrons. The van der Waals surface area contributed by atoms with Crippen molar-refractivity contribution in [3.05, 3.63) is 0 Å². The molecule has 1 saturated heterocycles. The van der Waals surface area contributed by atoms with Gasteiger partial charge in [-0.2, -0.15) is 5.26 Å². The number of nitrogens with one attached hydrogen (secondary N) is 1. The molecule has 1 aliphatic carbocycles. The molecule has 2 unspecified atom stereocenters. The van der Waals surface area contributed by atoms with Crippen LogP contribution in [0.15, 0.2) is 0 Å². The summed E-state index contributed by atoms with van der Waals surface area (Å²) in [6.07, 6.45) is 5.89. The van der Waals surface area contributed by atoms with Gasteiger partial charge in [0, 0.05) is 12.6 Å². The first-order chi connectivity index (χ1) is 9.54. The minimum absolute atomic E-state index is 0.0150. The van der Waals surface area contributed by atoms with Crippen molar-refractivity contribution in [3.8, 4) is 6.07 Å². The third-order valence-electron chi connectivity index (χ3n) is 4.70. The molecular formula is C15H26N4O. The minimum atomic E-state index is -0.604. The number of likely N-dealkylation sites (tertiary alicyclic amines) is 1. The maximum Gasteiger partial charge on any atom is 0.235 e. The summed E-state index contributed by atoms with van der Waals surface area (Å²) in [6.45, 7) is 4.28. The molecule has 2 fully saturated rings. The molecule has 3 N–H and O–H groups in total. The molecule has 0 bridgehead atoms. The number of carbonyl (C=O) groups excluding carboxylic acids is 1. The van der Waals surface area contributed by atoms with Gasteiger partial charge in [0.15, 0.2) is 0 Å². The summed E-state index contributed by atoms with van der Waals surface area (Å²) < 4.78 is 0. The highest BCUT2D eigenvalue weighted by molar-refractivity contribution is 5.79. The highest BCUT2D eigenvalue weighted by Crippen LogP contribution is 2.28. The number of nitriles is 1. The van der Waals surface area contributed by atoms with Crippen molar-refractivity contribution in [2.45, 2.75) is 57.0 Å². The van der Waals surface area contributed by atoms with Crippen LogP contribution in [0.2, 0.25) is 0 Å². The predicted octanol–water partition coefficient (Wildman–Crippen LogP) is 0.998. The molecule has 0 radical (unpaired) electrons. The first kappa shape index (κ1) is 15.3. The number of nitrogens with two attached hydrogens (primary N) is 1. The van der Waals surface area contributed by atoms with Crippen LogP contribution in [-0.4, -0.2) is 42.0 Å². The minimum Gasteiger partial charge on any atom is -0.337 e. The SMILES string of the molecule is CC(N)C1CCCN(CC(=O)NC2(C#N)CCCC2)C1. The molecule has 20 heavy (non-hydrogen) atoms. The fraction of sp³-hybridized carbons (Fsp3) is 0.867.